The minimum atomic E-state index is -1.13. The number of hydrogen-bond acceptors (Lipinski definition) is 4. The third kappa shape index (κ3) is 2.11. The van der Waals surface area contributed by atoms with Crippen LogP contribution < -0.4 is 4.74 Å². The Kier molecular flexibility index (Phi) is 3.14. The second-order valence-electron chi connectivity index (χ2n) is 4.04. The fourth-order valence-electron chi connectivity index (χ4n) is 1.67. The number of aromatic nitrogens is 2. The topological polar surface area (TPSA) is 72.3 Å². The molecule has 5 heteroatoms. The van der Waals surface area contributed by atoms with E-state index in [9.17, 15) is 4.79 Å². The van der Waals surface area contributed by atoms with E-state index < -0.39 is 5.97 Å². The monoisotopic (exact) mass is 246 g/mol. The predicted molar refractivity (Wildman–Crippen MR) is 67.1 cm³/mol. The van der Waals surface area contributed by atoms with Crippen LogP contribution in [0.25, 0.3) is 11.0 Å². The Morgan fingerprint density at radius 2 is 1.78 bits per heavy atom. The fourth-order valence-corrected chi connectivity index (χ4v) is 1.67. The number of benzene rings is 1. The second kappa shape index (κ2) is 4.60. The van der Waals surface area contributed by atoms with E-state index in [2.05, 4.69) is 9.97 Å². The highest BCUT2D eigenvalue weighted by Gasteiger charge is 2.16. The molecule has 1 N–H and O–H groups in total. The molecular weight excluding hydrogens is 232 g/mol. The molecule has 0 amide bonds. The van der Waals surface area contributed by atoms with Crippen LogP contribution >= 0.6 is 0 Å². The highest BCUT2D eigenvalue weighted by Crippen LogP contribution is 2.21. The average molecular weight is 246 g/mol. The molecule has 0 aliphatic heterocycles. The number of fused-ring (bicyclic) bond motifs is 1. The number of carbonyl (C=O) groups is 1. The largest absolute Gasteiger partial charge is 0.476 e. The van der Waals surface area contributed by atoms with Crippen molar-refractivity contribution in [3.63, 3.8) is 0 Å². The van der Waals surface area contributed by atoms with Gasteiger partial charge in [0.15, 0.2) is 0 Å². The van der Waals surface area contributed by atoms with E-state index in [1.165, 1.54) is 0 Å². The first-order chi connectivity index (χ1) is 8.52. The Morgan fingerprint density at radius 1 is 1.22 bits per heavy atom. The lowest BCUT2D eigenvalue weighted by molar-refractivity contribution is 0.0685. The molecule has 1 heterocycles. The number of rotatable bonds is 3. The highest BCUT2D eigenvalue weighted by molar-refractivity contribution is 5.91. The van der Waals surface area contributed by atoms with Gasteiger partial charge in [-0.1, -0.05) is 0 Å². The van der Waals surface area contributed by atoms with Crippen LogP contribution in [0.5, 0.6) is 5.88 Å². The van der Waals surface area contributed by atoms with Gasteiger partial charge in [-0.3, -0.25) is 0 Å². The number of ether oxygens (including phenoxy) is 1. The van der Waals surface area contributed by atoms with Crippen molar-refractivity contribution in [3.05, 3.63) is 29.0 Å². The van der Waals surface area contributed by atoms with E-state index in [1.807, 2.05) is 26.0 Å². The summed E-state index contributed by atoms with van der Waals surface area (Å²) in [6.45, 7) is 6.05. The lowest BCUT2D eigenvalue weighted by atomic mass is 10.1. The smallest absolute Gasteiger partial charge is 0.360 e. The van der Waals surface area contributed by atoms with Crippen LogP contribution in [0.2, 0.25) is 0 Å². The molecule has 0 saturated heterocycles. The van der Waals surface area contributed by atoms with Gasteiger partial charge in [0.05, 0.1) is 17.6 Å². The van der Waals surface area contributed by atoms with Crippen molar-refractivity contribution in [3.8, 4) is 5.88 Å². The molecule has 0 spiro atoms. The maximum absolute atomic E-state index is 11.1. The van der Waals surface area contributed by atoms with Crippen molar-refractivity contribution in [2.45, 2.75) is 20.8 Å². The van der Waals surface area contributed by atoms with Crippen LogP contribution in [0.1, 0.15) is 28.5 Å². The minimum Gasteiger partial charge on any atom is -0.476 e. The van der Waals surface area contributed by atoms with Crippen molar-refractivity contribution in [2.24, 2.45) is 0 Å². The summed E-state index contributed by atoms with van der Waals surface area (Å²) in [4.78, 5) is 19.4. The van der Waals surface area contributed by atoms with Crippen molar-refractivity contribution < 1.29 is 14.6 Å². The quantitative estimate of drug-likeness (QED) is 0.899. The summed E-state index contributed by atoms with van der Waals surface area (Å²) in [6.07, 6.45) is 0. The Bertz CT molecular complexity index is 623. The van der Waals surface area contributed by atoms with E-state index in [0.717, 1.165) is 11.1 Å². The summed E-state index contributed by atoms with van der Waals surface area (Å²) in [7, 11) is 0. The lowest BCUT2D eigenvalue weighted by Gasteiger charge is -2.08. The average Bonchev–Trinajstić information content (AvgIpc) is 2.30. The van der Waals surface area contributed by atoms with Crippen molar-refractivity contribution in [1.29, 1.82) is 0 Å². The Balaban J connectivity index is 2.71. The van der Waals surface area contributed by atoms with E-state index in [-0.39, 0.29) is 11.6 Å². The summed E-state index contributed by atoms with van der Waals surface area (Å²) in [5.74, 6) is -1.06. The molecule has 0 aliphatic carbocycles. The van der Waals surface area contributed by atoms with Crippen LogP contribution in [-0.2, 0) is 0 Å². The molecule has 0 aliphatic rings. The molecule has 0 atom stereocenters. The lowest BCUT2D eigenvalue weighted by Crippen LogP contribution is -2.08. The maximum atomic E-state index is 11.1. The standard InChI is InChI=1S/C13H14N2O3/c1-4-18-12-11(13(16)17)14-9-5-7(2)8(3)6-10(9)15-12/h5-6H,4H2,1-3H3,(H,16,17). The molecule has 0 bridgehead atoms. The Labute approximate surface area is 104 Å². The zero-order valence-corrected chi connectivity index (χ0v) is 10.5. The molecule has 2 aromatic rings. The van der Waals surface area contributed by atoms with Gasteiger partial charge in [-0.15, -0.1) is 0 Å². The first kappa shape index (κ1) is 12.3. The van der Waals surface area contributed by atoms with Crippen molar-refractivity contribution in [1.82, 2.24) is 9.97 Å². The first-order valence-corrected chi connectivity index (χ1v) is 5.68. The van der Waals surface area contributed by atoms with Gasteiger partial charge in [-0.25, -0.2) is 14.8 Å². The predicted octanol–water partition coefficient (Wildman–Crippen LogP) is 2.34. The molecule has 1 aromatic heterocycles. The van der Waals surface area contributed by atoms with Gasteiger partial charge in [0, 0.05) is 0 Å². The zero-order chi connectivity index (χ0) is 13.3. The van der Waals surface area contributed by atoms with Gasteiger partial charge >= 0.3 is 5.97 Å². The van der Waals surface area contributed by atoms with Crippen LogP contribution in [0.15, 0.2) is 12.1 Å². The molecule has 0 saturated carbocycles. The molecular formula is C13H14N2O3. The number of carboxylic acids is 1. The zero-order valence-electron chi connectivity index (χ0n) is 10.5. The number of carboxylic acid groups (broad SMARTS) is 1. The summed E-state index contributed by atoms with van der Waals surface area (Å²) >= 11 is 0. The molecule has 1 aromatic carbocycles. The third-order valence-electron chi connectivity index (χ3n) is 2.73. The Morgan fingerprint density at radius 3 is 2.28 bits per heavy atom. The van der Waals surface area contributed by atoms with Gasteiger partial charge in [-0.2, -0.15) is 0 Å². The number of hydrogen-bond donors (Lipinski definition) is 1. The second-order valence-corrected chi connectivity index (χ2v) is 4.04. The van der Waals surface area contributed by atoms with Gasteiger partial charge in [0.1, 0.15) is 0 Å². The number of aryl methyl sites for hydroxylation is 2. The first-order valence-electron chi connectivity index (χ1n) is 5.68. The number of nitrogens with zero attached hydrogens (tertiary/aromatic N) is 2. The summed E-state index contributed by atoms with van der Waals surface area (Å²) in [5, 5.41) is 9.09. The van der Waals surface area contributed by atoms with Gasteiger partial charge < -0.3 is 9.84 Å². The molecule has 18 heavy (non-hydrogen) atoms. The fraction of sp³-hybridized carbons (Fsp3) is 0.308. The van der Waals surface area contributed by atoms with Crippen LogP contribution in [-0.4, -0.2) is 27.7 Å². The summed E-state index contributed by atoms with van der Waals surface area (Å²) in [6, 6.07) is 3.71. The van der Waals surface area contributed by atoms with Crippen molar-refractivity contribution in [2.75, 3.05) is 6.61 Å². The molecule has 2 rings (SSSR count). The van der Waals surface area contributed by atoms with E-state index in [1.54, 1.807) is 6.92 Å². The molecule has 0 radical (unpaired) electrons. The molecule has 0 unspecified atom stereocenters. The Hall–Kier alpha value is -2.17. The van der Waals surface area contributed by atoms with Crippen LogP contribution in [0.4, 0.5) is 0 Å². The SMILES string of the molecule is CCOc1nc2cc(C)c(C)cc2nc1C(=O)O. The third-order valence-corrected chi connectivity index (χ3v) is 2.73. The van der Waals surface area contributed by atoms with Gasteiger partial charge in [0.25, 0.3) is 0 Å². The van der Waals surface area contributed by atoms with Gasteiger partial charge in [-0.05, 0) is 44.0 Å². The summed E-state index contributed by atoms with van der Waals surface area (Å²) < 4.78 is 5.22. The normalized spacial score (nSPS) is 10.6. The van der Waals surface area contributed by atoms with E-state index in [4.69, 9.17) is 9.84 Å². The molecule has 0 fully saturated rings. The van der Waals surface area contributed by atoms with Crippen molar-refractivity contribution >= 4 is 17.0 Å². The van der Waals surface area contributed by atoms with Gasteiger partial charge in [0.2, 0.25) is 11.6 Å². The maximum Gasteiger partial charge on any atom is 0.360 e. The van der Waals surface area contributed by atoms with E-state index in [0.29, 0.717) is 17.6 Å². The molecule has 94 valence electrons. The van der Waals surface area contributed by atoms with Crippen LogP contribution in [0, 0.1) is 13.8 Å². The molecule has 5 nitrogen and oxygen atoms in total. The summed E-state index contributed by atoms with van der Waals surface area (Å²) in [5.41, 5.74) is 3.21. The van der Waals surface area contributed by atoms with Crippen LogP contribution in [0.3, 0.4) is 0 Å². The highest BCUT2D eigenvalue weighted by atomic mass is 16.5. The minimum absolute atomic E-state index is 0.0701. The van der Waals surface area contributed by atoms with E-state index >= 15 is 0 Å². The number of aromatic carboxylic acids is 1.